The molecule has 3 aromatic carbocycles. The average molecular weight is 496 g/mol. The summed E-state index contributed by atoms with van der Waals surface area (Å²) in [5.41, 5.74) is 7.60. The third-order valence-electron chi connectivity index (χ3n) is 6.18. The number of hydrogen-bond donors (Lipinski definition) is 0. The van der Waals surface area contributed by atoms with Gasteiger partial charge in [-0.25, -0.2) is 12.7 Å². The Morgan fingerprint density at radius 3 is 2.29 bits per heavy atom. The van der Waals surface area contributed by atoms with E-state index < -0.39 is 15.9 Å². The van der Waals surface area contributed by atoms with E-state index in [1.54, 1.807) is 30.1 Å². The van der Waals surface area contributed by atoms with Gasteiger partial charge >= 0.3 is 5.97 Å². The normalized spacial score (nSPS) is 16.2. The van der Waals surface area contributed by atoms with Gasteiger partial charge in [-0.15, -0.1) is 0 Å². The fourth-order valence-electron chi connectivity index (χ4n) is 4.51. The van der Waals surface area contributed by atoms with Crippen molar-refractivity contribution in [3.05, 3.63) is 82.4 Å². The second kappa shape index (κ2) is 9.56. The molecule has 7 heteroatoms. The van der Waals surface area contributed by atoms with Gasteiger partial charge in [0.1, 0.15) is 6.04 Å². The predicted molar refractivity (Wildman–Crippen MR) is 137 cm³/mol. The van der Waals surface area contributed by atoms with Crippen molar-refractivity contribution in [2.24, 2.45) is 0 Å². The predicted octanol–water partition coefficient (Wildman–Crippen LogP) is 5.29. The standard InChI is InChI=1S/C27H29NO4S2/c1-17-11-18(2)26(19(3)12-17)33-28-16-22-10-9-21(13-23(22)15-25(28)27(29)32-4)20-7-6-8-24(14-20)34(5,30)31/h6-14,25H,15-16H2,1-5H3. The number of nitrogens with zero attached hydrogens (tertiary/aromatic N) is 1. The molecule has 3 aromatic rings. The number of aryl methyl sites for hydroxylation is 3. The molecular weight excluding hydrogens is 466 g/mol. The number of ether oxygens (including phenoxy) is 1. The van der Waals surface area contributed by atoms with Gasteiger partial charge in [0.05, 0.1) is 12.0 Å². The maximum atomic E-state index is 12.8. The number of sulfone groups is 1. The highest BCUT2D eigenvalue weighted by atomic mass is 32.2. The van der Waals surface area contributed by atoms with Gasteiger partial charge in [0.15, 0.2) is 9.84 Å². The lowest BCUT2D eigenvalue weighted by molar-refractivity contribution is -0.145. The molecule has 1 atom stereocenters. The number of hydrogen-bond acceptors (Lipinski definition) is 6. The molecule has 0 saturated carbocycles. The molecular formula is C27H29NO4S2. The number of carbonyl (C=O) groups is 1. The molecule has 0 aliphatic carbocycles. The van der Waals surface area contributed by atoms with E-state index in [9.17, 15) is 13.2 Å². The van der Waals surface area contributed by atoms with Gasteiger partial charge in [-0.2, -0.15) is 0 Å². The van der Waals surface area contributed by atoms with Crippen molar-refractivity contribution >= 4 is 27.8 Å². The quantitative estimate of drug-likeness (QED) is 0.354. The lowest BCUT2D eigenvalue weighted by Crippen LogP contribution is -2.42. The van der Waals surface area contributed by atoms with E-state index in [0.717, 1.165) is 27.1 Å². The van der Waals surface area contributed by atoms with Crippen LogP contribution in [0.3, 0.4) is 0 Å². The van der Waals surface area contributed by atoms with E-state index in [-0.39, 0.29) is 5.97 Å². The number of esters is 1. The van der Waals surface area contributed by atoms with Crippen molar-refractivity contribution in [1.29, 1.82) is 0 Å². The number of methoxy groups -OCH3 is 1. The van der Waals surface area contributed by atoms with Crippen molar-refractivity contribution in [1.82, 2.24) is 4.31 Å². The Bertz CT molecular complexity index is 1340. The molecule has 0 amide bonds. The maximum absolute atomic E-state index is 12.8. The molecule has 1 unspecified atom stereocenters. The lowest BCUT2D eigenvalue weighted by Gasteiger charge is -2.35. The number of benzene rings is 3. The topological polar surface area (TPSA) is 63.7 Å². The van der Waals surface area contributed by atoms with Crippen LogP contribution in [-0.4, -0.2) is 38.1 Å². The first-order valence-electron chi connectivity index (χ1n) is 11.1. The Balaban J connectivity index is 1.69. The third kappa shape index (κ3) is 5.06. The van der Waals surface area contributed by atoms with Crippen LogP contribution >= 0.6 is 11.9 Å². The van der Waals surface area contributed by atoms with Crippen LogP contribution in [0.25, 0.3) is 11.1 Å². The summed E-state index contributed by atoms with van der Waals surface area (Å²) >= 11 is 1.61. The van der Waals surface area contributed by atoms with Crippen molar-refractivity contribution in [3.63, 3.8) is 0 Å². The van der Waals surface area contributed by atoms with Crippen LogP contribution in [0.2, 0.25) is 0 Å². The summed E-state index contributed by atoms with van der Waals surface area (Å²) in [5, 5.41) is 0. The van der Waals surface area contributed by atoms with Gasteiger partial charge in [0.2, 0.25) is 0 Å². The zero-order valence-electron chi connectivity index (χ0n) is 20.1. The Hall–Kier alpha value is -2.61. The fraction of sp³-hybridized carbons (Fsp3) is 0.296. The Morgan fingerprint density at radius 2 is 1.65 bits per heavy atom. The van der Waals surface area contributed by atoms with Crippen LogP contribution in [0.15, 0.2) is 64.4 Å². The second-order valence-electron chi connectivity index (χ2n) is 8.92. The van der Waals surface area contributed by atoms with Gasteiger partial charge in [-0.3, -0.25) is 4.79 Å². The summed E-state index contributed by atoms with van der Waals surface area (Å²) in [4.78, 5) is 14.2. The molecule has 0 bridgehead atoms. The van der Waals surface area contributed by atoms with E-state index in [2.05, 4.69) is 49.3 Å². The summed E-state index contributed by atoms with van der Waals surface area (Å²) in [5.74, 6) is -0.259. The smallest absolute Gasteiger partial charge is 0.324 e. The highest BCUT2D eigenvalue weighted by molar-refractivity contribution is 7.97. The van der Waals surface area contributed by atoms with E-state index in [1.165, 1.54) is 30.1 Å². The van der Waals surface area contributed by atoms with Crippen molar-refractivity contribution < 1.29 is 17.9 Å². The molecule has 0 saturated heterocycles. The minimum Gasteiger partial charge on any atom is -0.468 e. The highest BCUT2D eigenvalue weighted by Gasteiger charge is 2.34. The van der Waals surface area contributed by atoms with Crippen LogP contribution in [0.5, 0.6) is 0 Å². The van der Waals surface area contributed by atoms with Crippen LogP contribution in [0, 0.1) is 20.8 Å². The summed E-state index contributed by atoms with van der Waals surface area (Å²) in [7, 11) is -1.86. The summed E-state index contributed by atoms with van der Waals surface area (Å²) in [6.45, 7) is 6.90. The summed E-state index contributed by atoms with van der Waals surface area (Å²) in [6, 6.07) is 17.0. The molecule has 0 N–H and O–H groups in total. The molecule has 0 aromatic heterocycles. The van der Waals surface area contributed by atoms with Gasteiger partial charge < -0.3 is 4.74 Å². The minimum atomic E-state index is -3.29. The molecule has 0 fully saturated rings. The molecule has 5 nitrogen and oxygen atoms in total. The van der Waals surface area contributed by atoms with E-state index in [0.29, 0.717) is 17.9 Å². The van der Waals surface area contributed by atoms with E-state index in [1.807, 2.05) is 12.1 Å². The van der Waals surface area contributed by atoms with Gasteiger partial charge in [0.25, 0.3) is 0 Å². The second-order valence-corrected chi connectivity index (χ2v) is 12.0. The molecule has 1 heterocycles. The van der Waals surface area contributed by atoms with E-state index in [4.69, 9.17) is 4.74 Å². The third-order valence-corrected chi connectivity index (χ3v) is 8.73. The first kappa shape index (κ1) is 24.5. The van der Waals surface area contributed by atoms with Gasteiger partial charge in [0, 0.05) is 17.7 Å². The highest BCUT2D eigenvalue weighted by Crippen LogP contribution is 2.38. The average Bonchev–Trinajstić information content (AvgIpc) is 2.79. The molecule has 178 valence electrons. The maximum Gasteiger partial charge on any atom is 0.324 e. The molecule has 1 aliphatic heterocycles. The first-order valence-corrected chi connectivity index (χ1v) is 13.8. The molecule has 34 heavy (non-hydrogen) atoms. The Kier molecular flexibility index (Phi) is 6.90. The zero-order valence-corrected chi connectivity index (χ0v) is 21.7. The lowest BCUT2D eigenvalue weighted by atomic mass is 9.92. The van der Waals surface area contributed by atoms with Crippen LogP contribution in [0.1, 0.15) is 27.8 Å². The summed E-state index contributed by atoms with van der Waals surface area (Å²) < 4.78 is 31.3. The van der Waals surface area contributed by atoms with Crippen molar-refractivity contribution in [2.75, 3.05) is 13.4 Å². The fourth-order valence-corrected chi connectivity index (χ4v) is 6.30. The molecule has 0 spiro atoms. The zero-order chi connectivity index (χ0) is 24.6. The molecule has 0 radical (unpaired) electrons. The molecule has 4 rings (SSSR count). The largest absolute Gasteiger partial charge is 0.468 e. The van der Waals surface area contributed by atoms with Crippen molar-refractivity contribution in [2.45, 2.75) is 49.6 Å². The van der Waals surface area contributed by atoms with Gasteiger partial charge in [-0.1, -0.05) is 48.0 Å². The monoisotopic (exact) mass is 495 g/mol. The SMILES string of the molecule is COC(=O)C1Cc2cc(-c3cccc(S(C)(=O)=O)c3)ccc2CN1Sc1c(C)cc(C)cc1C. The number of rotatable bonds is 5. The Labute approximate surface area is 206 Å². The summed E-state index contributed by atoms with van der Waals surface area (Å²) in [6.07, 6.45) is 1.74. The van der Waals surface area contributed by atoms with Gasteiger partial charge in [-0.05, 0) is 84.7 Å². The number of carbonyl (C=O) groups excluding carboxylic acids is 1. The van der Waals surface area contributed by atoms with Crippen LogP contribution in [0.4, 0.5) is 0 Å². The number of fused-ring (bicyclic) bond motifs is 1. The minimum absolute atomic E-state index is 0.259. The first-order chi connectivity index (χ1) is 16.1. The molecule has 1 aliphatic rings. The van der Waals surface area contributed by atoms with Crippen LogP contribution < -0.4 is 0 Å². The van der Waals surface area contributed by atoms with E-state index >= 15 is 0 Å². The van der Waals surface area contributed by atoms with Crippen LogP contribution in [-0.2, 0) is 32.3 Å². The van der Waals surface area contributed by atoms with Crippen molar-refractivity contribution in [3.8, 4) is 11.1 Å². The Morgan fingerprint density at radius 1 is 0.971 bits per heavy atom.